The molecule has 0 radical (unpaired) electrons. The standard InChI is InChI=1S/C18H14N2O2S2/c1-18(12-7-3-5-9-14(12)20-17(22)24-18)10-15-11-6-2-4-8-13(11)19-16(21)23-15/h2-10H,1H3,(H,19,21)(H,20,22)/b15-10+. The van der Waals surface area contributed by atoms with E-state index >= 15 is 0 Å². The lowest BCUT2D eigenvalue weighted by molar-refractivity contribution is 0.269. The predicted molar refractivity (Wildman–Crippen MR) is 101 cm³/mol. The second-order valence-corrected chi connectivity index (χ2v) is 8.17. The van der Waals surface area contributed by atoms with Gasteiger partial charge >= 0.3 is 0 Å². The number of para-hydroxylation sites is 2. The monoisotopic (exact) mass is 354 g/mol. The van der Waals surface area contributed by atoms with Crippen LogP contribution in [0.5, 0.6) is 0 Å². The zero-order valence-electron chi connectivity index (χ0n) is 12.8. The van der Waals surface area contributed by atoms with Gasteiger partial charge in [-0.15, -0.1) is 0 Å². The molecule has 0 aromatic heterocycles. The largest absolute Gasteiger partial charge is 0.317 e. The zero-order chi connectivity index (χ0) is 16.7. The van der Waals surface area contributed by atoms with Gasteiger partial charge in [0.1, 0.15) is 0 Å². The molecule has 1 unspecified atom stereocenters. The summed E-state index contributed by atoms with van der Waals surface area (Å²) in [4.78, 5) is 25.0. The molecule has 2 amide bonds. The van der Waals surface area contributed by atoms with E-state index in [1.165, 1.54) is 11.8 Å². The van der Waals surface area contributed by atoms with E-state index in [0.717, 1.165) is 39.2 Å². The van der Waals surface area contributed by atoms with Gasteiger partial charge in [-0.1, -0.05) is 36.4 Å². The number of nitrogens with one attached hydrogen (secondary N) is 2. The second kappa shape index (κ2) is 5.72. The summed E-state index contributed by atoms with van der Waals surface area (Å²) < 4.78 is -0.536. The fourth-order valence-corrected chi connectivity index (χ4v) is 5.00. The van der Waals surface area contributed by atoms with Crippen molar-refractivity contribution in [2.24, 2.45) is 0 Å². The average molecular weight is 354 g/mol. The van der Waals surface area contributed by atoms with E-state index in [1.807, 2.05) is 61.5 Å². The minimum absolute atomic E-state index is 0.0911. The van der Waals surface area contributed by atoms with Crippen LogP contribution in [0.3, 0.4) is 0 Å². The zero-order valence-corrected chi connectivity index (χ0v) is 14.5. The summed E-state index contributed by atoms with van der Waals surface area (Å²) in [5, 5.41) is 5.55. The van der Waals surface area contributed by atoms with Crippen molar-refractivity contribution in [1.82, 2.24) is 0 Å². The van der Waals surface area contributed by atoms with Crippen molar-refractivity contribution in [3.63, 3.8) is 0 Å². The first-order chi connectivity index (χ1) is 11.5. The van der Waals surface area contributed by atoms with E-state index in [1.54, 1.807) is 0 Å². The quantitative estimate of drug-likeness (QED) is 0.710. The van der Waals surface area contributed by atoms with E-state index in [2.05, 4.69) is 10.6 Å². The molecule has 2 N–H and O–H groups in total. The second-order valence-electron chi connectivity index (χ2n) is 5.74. The summed E-state index contributed by atoms with van der Waals surface area (Å²) in [6.45, 7) is 2.01. The van der Waals surface area contributed by atoms with Gasteiger partial charge in [-0.05, 0) is 54.2 Å². The molecule has 0 aliphatic carbocycles. The van der Waals surface area contributed by atoms with Crippen molar-refractivity contribution < 1.29 is 9.59 Å². The molecule has 0 saturated heterocycles. The molecule has 4 rings (SSSR count). The summed E-state index contributed by atoms with van der Waals surface area (Å²) in [6.07, 6.45) is 2.03. The lowest BCUT2D eigenvalue weighted by atomic mass is 9.96. The molecule has 4 nitrogen and oxygen atoms in total. The Kier molecular flexibility index (Phi) is 3.66. The Bertz CT molecular complexity index is 894. The number of benzene rings is 2. The van der Waals surface area contributed by atoms with Crippen LogP contribution < -0.4 is 10.6 Å². The van der Waals surface area contributed by atoms with Crippen LogP contribution in [0.1, 0.15) is 18.1 Å². The number of carbonyl (C=O) groups is 2. The highest BCUT2D eigenvalue weighted by Gasteiger charge is 2.36. The molecule has 0 spiro atoms. The Hall–Kier alpha value is -2.18. The van der Waals surface area contributed by atoms with Crippen LogP contribution >= 0.6 is 23.5 Å². The number of hydrogen-bond acceptors (Lipinski definition) is 4. The van der Waals surface area contributed by atoms with E-state index in [4.69, 9.17) is 0 Å². The van der Waals surface area contributed by atoms with Crippen LogP contribution in [-0.2, 0) is 4.75 Å². The van der Waals surface area contributed by atoms with Crippen LogP contribution in [0.25, 0.3) is 4.91 Å². The summed E-state index contributed by atoms with van der Waals surface area (Å²) in [7, 11) is 0. The molecular weight excluding hydrogens is 340 g/mol. The minimum Gasteiger partial charge on any atom is -0.317 e. The number of hydrogen-bond donors (Lipinski definition) is 2. The van der Waals surface area contributed by atoms with Gasteiger partial charge in [0, 0.05) is 21.8 Å². The Morgan fingerprint density at radius 3 is 2.42 bits per heavy atom. The maximum atomic E-state index is 12.1. The third-order valence-electron chi connectivity index (χ3n) is 4.04. The van der Waals surface area contributed by atoms with Gasteiger partial charge in [0.15, 0.2) is 0 Å². The summed E-state index contributed by atoms with van der Waals surface area (Å²) >= 11 is 2.39. The fourth-order valence-electron chi connectivity index (χ4n) is 2.97. The molecule has 2 heterocycles. The SMILES string of the molecule is CC1(/C=C2/SC(=O)Nc3ccccc32)SC(=O)Nc2ccccc21. The number of anilines is 2. The maximum Gasteiger partial charge on any atom is 0.288 e. The van der Waals surface area contributed by atoms with Crippen molar-refractivity contribution >= 4 is 50.3 Å². The number of fused-ring (bicyclic) bond motifs is 2. The highest BCUT2D eigenvalue weighted by molar-refractivity contribution is 8.22. The summed E-state index contributed by atoms with van der Waals surface area (Å²) in [5.41, 5.74) is 3.63. The molecule has 2 aromatic carbocycles. The summed E-state index contributed by atoms with van der Waals surface area (Å²) in [5.74, 6) is 0. The van der Waals surface area contributed by atoms with Gasteiger partial charge < -0.3 is 10.6 Å². The van der Waals surface area contributed by atoms with Crippen LogP contribution in [0, 0.1) is 0 Å². The molecule has 24 heavy (non-hydrogen) atoms. The van der Waals surface area contributed by atoms with Crippen molar-refractivity contribution in [3.05, 3.63) is 65.7 Å². The van der Waals surface area contributed by atoms with Crippen LogP contribution in [0.2, 0.25) is 0 Å². The van der Waals surface area contributed by atoms with Gasteiger partial charge in [-0.2, -0.15) is 0 Å². The molecular formula is C18H14N2O2S2. The maximum absolute atomic E-state index is 12.1. The van der Waals surface area contributed by atoms with E-state index in [-0.39, 0.29) is 10.5 Å². The predicted octanol–water partition coefficient (Wildman–Crippen LogP) is 5.50. The third-order valence-corrected chi connectivity index (χ3v) is 5.94. The number of amides is 2. The van der Waals surface area contributed by atoms with Gasteiger partial charge in [0.05, 0.1) is 4.75 Å². The first-order valence-corrected chi connectivity index (χ1v) is 9.09. The smallest absolute Gasteiger partial charge is 0.288 e. The molecule has 120 valence electrons. The topological polar surface area (TPSA) is 58.2 Å². The van der Waals surface area contributed by atoms with Crippen LogP contribution in [0.4, 0.5) is 21.0 Å². The van der Waals surface area contributed by atoms with Gasteiger partial charge in [0.25, 0.3) is 10.5 Å². The molecule has 0 saturated carbocycles. The normalized spacial score (nSPS) is 24.0. The summed E-state index contributed by atoms with van der Waals surface area (Å²) in [6, 6.07) is 15.5. The van der Waals surface area contributed by atoms with Gasteiger partial charge in [-0.3, -0.25) is 9.59 Å². The van der Waals surface area contributed by atoms with Gasteiger partial charge in [0.2, 0.25) is 0 Å². The van der Waals surface area contributed by atoms with E-state index < -0.39 is 4.75 Å². The molecule has 2 aromatic rings. The molecule has 6 heteroatoms. The number of rotatable bonds is 1. The molecule has 0 bridgehead atoms. The Morgan fingerprint density at radius 2 is 1.58 bits per heavy atom. The highest BCUT2D eigenvalue weighted by atomic mass is 32.2. The Labute approximate surface area is 148 Å². The lowest BCUT2D eigenvalue weighted by Gasteiger charge is -2.33. The third kappa shape index (κ3) is 2.61. The first-order valence-electron chi connectivity index (χ1n) is 7.46. The fraction of sp³-hybridized carbons (Fsp3) is 0.111. The van der Waals surface area contributed by atoms with Crippen LogP contribution in [-0.4, -0.2) is 10.5 Å². The number of carbonyl (C=O) groups excluding carboxylic acids is 2. The van der Waals surface area contributed by atoms with E-state index in [0.29, 0.717) is 0 Å². The van der Waals surface area contributed by atoms with E-state index in [9.17, 15) is 9.59 Å². The molecule has 1 atom stereocenters. The first kappa shape index (κ1) is 15.4. The van der Waals surface area contributed by atoms with Crippen molar-refractivity contribution in [2.75, 3.05) is 10.6 Å². The van der Waals surface area contributed by atoms with Crippen molar-refractivity contribution in [3.8, 4) is 0 Å². The molecule has 2 aliphatic heterocycles. The van der Waals surface area contributed by atoms with Crippen LogP contribution in [0.15, 0.2) is 54.6 Å². The molecule has 0 fully saturated rings. The Balaban J connectivity index is 1.86. The van der Waals surface area contributed by atoms with Gasteiger partial charge in [-0.25, -0.2) is 0 Å². The number of thioether (sulfide) groups is 2. The molecule has 2 aliphatic rings. The van der Waals surface area contributed by atoms with Crippen molar-refractivity contribution in [2.45, 2.75) is 11.7 Å². The van der Waals surface area contributed by atoms with Crippen molar-refractivity contribution in [1.29, 1.82) is 0 Å². The average Bonchev–Trinajstić information content (AvgIpc) is 2.54. The lowest BCUT2D eigenvalue weighted by Crippen LogP contribution is -2.27. The minimum atomic E-state index is -0.536. The highest BCUT2D eigenvalue weighted by Crippen LogP contribution is 2.49. The Morgan fingerprint density at radius 1 is 0.917 bits per heavy atom.